The standard InChI is InChI=1S/C13H16N2O/c1-9-3-4-10-11(7-9)15-12(16)13(8-14-10)5-2-6-13/h3-4,7,14H,2,5-6,8H2,1H3,(H,15,16). The van der Waals surface area contributed by atoms with Crippen molar-refractivity contribution in [2.75, 3.05) is 17.2 Å². The van der Waals surface area contributed by atoms with Gasteiger partial charge >= 0.3 is 0 Å². The van der Waals surface area contributed by atoms with Crippen molar-refractivity contribution in [3.05, 3.63) is 23.8 Å². The van der Waals surface area contributed by atoms with Gasteiger partial charge in [-0.05, 0) is 37.5 Å². The predicted octanol–water partition coefficient (Wildman–Crippen LogP) is 2.53. The summed E-state index contributed by atoms with van der Waals surface area (Å²) in [7, 11) is 0. The number of carbonyl (C=O) groups is 1. The molecule has 1 aliphatic carbocycles. The Morgan fingerprint density at radius 2 is 2.06 bits per heavy atom. The maximum absolute atomic E-state index is 12.1. The summed E-state index contributed by atoms with van der Waals surface area (Å²) in [5.74, 6) is 0.190. The zero-order valence-electron chi connectivity index (χ0n) is 9.47. The molecular formula is C13H16N2O. The second kappa shape index (κ2) is 3.24. The van der Waals surface area contributed by atoms with Crippen LogP contribution in [0.15, 0.2) is 18.2 Å². The van der Waals surface area contributed by atoms with Crippen LogP contribution >= 0.6 is 0 Å². The smallest absolute Gasteiger partial charge is 0.232 e. The number of aryl methyl sites for hydroxylation is 1. The molecule has 0 unspecified atom stereocenters. The molecule has 1 spiro atoms. The third-order valence-corrected chi connectivity index (χ3v) is 3.83. The fourth-order valence-corrected chi connectivity index (χ4v) is 2.52. The van der Waals surface area contributed by atoms with E-state index in [0.29, 0.717) is 0 Å². The van der Waals surface area contributed by atoms with Gasteiger partial charge in [-0.25, -0.2) is 0 Å². The number of benzene rings is 1. The average molecular weight is 216 g/mol. The highest BCUT2D eigenvalue weighted by atomic mass is 16.2. The lowest BCUT2D eigenvalue weighted by Gasteiger charge is -2.38. The van der Waals surface area contributed by atoms with Crippen LogP contribution in [-0.4, -0.2) is 12.5 Å². The molecule has 3 nitrogen and oxygen atoms in total. The van der Waals surface area contributed by atoms with Gasteiger partial charge in [0.2, 0.25) is 5.91 Å². The van der Waals surface area contributed by atoms with E-state index in [1.165, 1.54) is 12.0 Å². The number of fused-ring (bicyclic) bond motifs is 1. The molecule has 0 saturated heterocycles. The minimum absolute atomic E-state index is 0.146. The average Bonchev–Trinajstić information content (AvgIpc) is 2.32. The van der Waals surface area contributed by atoms with E-state index in [1.54, 1.807) is 0 Å². The summed E-state index contributed by atoms with van der Waals surface area (Å²) in [5.41, 5.74) is 2.99. The molecule has 1 aromatic carbocycles. The van der Waals surface area contributed by atoms with Crippen molar-refractivity contribution in [1.29, 1.82) is 0 Å². The lowest BCUT2D eigenvalue weighted by atomic mass is 9.68. The lowest BCUT2D eigenvalue weighted by Crippen LogP contribution is -2.45. The molecule has 1 aliphatic heterocycles. The summed E-state index contributed by atoms with van der Waals surface area (Å²) in [6.07, 6.45) is 3.20. The molecule has 3 heteroatoms. The Bertz CT molecular complexity index is 449. The number of hydrogen-bond donors (Lipinski definition) is 2. The van der Waals surface area contributed by atoms with Gasteiger partial charge in [0.05, 0.1) is 16.8 Å². The van der Waals surface area contributed by atoms with E-state index >= 15 is 0 Å². The van der Waals surface area contributed by atoms with Gasteiger partial charge in [0.1, 0.15) is 0 Å². The van der Waals surface area contributed by atoms with Crippen molar-refractivity contribution in [3.63, 3.8) is 0 Å². The fourth-order valence-electron chi connectivity index (χ4n) is 2.52. The minimum Gasteiger partial charge on any atom is -0.382 e. The molecule has 1 aromatic rings. The van der Waals surface area contributed by atoms with Gasteiger partial charge in [0, 0.05) is 6.54 Å². The zero-order chi connectivity index (χ0) is 11.2. The maximum atomic E-state index is 12.1. The quantitative estimate of drug-likeness (QED) is 0.699. The highest BCUT2D eigenvalue weighted by Gasteiger charge is 2.45. The zero-order valence-corrected chi connectivity index (χ0v) is 9.47. The van der Waals surface area contributed by atoms with Crippen molar-refractivity contribution in [2.45, 2.75) is 26.2 Å². The van der Waals surface area contributed by atoms with Crippen LogP contribution in [0.4, 0.5) is 11.4 Å². The minimum atomic E-state index is -0.146. The van der Waals surface area contributed by atoms with Gasteiger partial charge < -0.3 is 10.6 Å². The van der Waals surface area contributed by atoms with Crippen LogP contribution in [0, 0.1) is 12.3 Å². The first kappa shape index (κ1) is 9.70. The summed E-state index contributed by atoms with van der Waals surface area (Å²) in [5, 5.41) is 6.45. The summed E-state index contributed by atoms with van der Waals surface area (Å²) >= 11 is 0. The SMILES string of the molecule is Cc1ccc2c(c1)NC(=O)C1(CCC1)CN2. The first-order valence-electron chi connectivity index (χ1n) is 5.86. The third kappa shape index (κ3) is 1.31. The summed E-state index contributed by atoms with van der Waals surface area (Å²) < 4.78 is 0. The van der Waals surface area contributed by atoms with Gasteiger partial charge in [-0.3, -0.25) is 4.79 Å². The molecule has 2 aliphatic rings. The number of rotatable bonds is 0. The third-order valence-electron chi connectivity index (χ3n) is 3.83. The van der Waals surface area contributed by atoms with E-state index in [2.05, 4.69) is 16.7 Å². The van der Waals surface area contributed by atoms with Gasteiger partial charge in [0.25, 0.3) is 0 Å². The molecule has 0 aromatic heterocycles. The highest BCUT2D eigenvalue weighted by molar-refractivity contribution is 6.00. The topological polar surface area (TPSA) is 41.1 Å². The van der Waals surface area contributed by atoms with Crippen LogP contribution in [-0.2, 0) is 4.79 Å². The van der Waals surface area contributed by atoms with Crippen molar-refractivity contribution in [3.8, 4) is 0 Å². The number of nitrogens with one attached hydrogen (secondary N) is 2. The van der Waals surface area contributed by atoms with E-state index in [9.17, 15) is 4.79 Å². The van der Waals surface area contributed by atoms with E-state index in [0.717, 1.165) is 30.8 Å². The van der Waals surface area contributed by atoms with Crippen LogP contribution < -0.4 is 10.6 Å². The molecule has 0 atom stereocenters. The van der Waals surface area contributed by atoms with Crippen LogP contribution in [0.3, 0.4) is 0 Å². The Morgan fingerprint density at radius 3 is 2.75 bits per heavy atom. The summed E-state index contributed by atoms with van der Waals surface area (Å²) in [6.45, 7) is 2.81. The second-order valence-electron chi connectivity index (χ2n) is 4.99. The Balaban J connectivity index is 1.97. The molecule has 16 heavy (non-hydrogen) atoms. The first-order valence-corrected chi connectivity index (χ1v) is 5.86. The van der Waals surface area contributed by atoms with E-state index in [4.69, 9.17) is 0 Å². The van der Waals surface area contributed by atoms with E-state index in [1.807, 2.05) is 19.1 Å². The Labute approximate surface area is 95.2 Å². The molecule has 3 rings (SSSR count). The van der Waals surface area contributed by atoms with Crippen molar-refractivity contribution in [1.82, 2.24) is 0 Å². The molecule has 0 bridgehead atoms. The number of carbonyl (C=O) groups excluding carboxylic acids is 1. The molecule has 0 radical (unpaired) electrons. The van der Waals surface area contributed by atoms with Crippen molar-refractivity contribution >= 4 is 17.3 Å². The van der Waals surface area contributed by atoms with Gasteiger partial charge in [0.15, 0.2) is 0 Å². The van der Waals surface area contributed by atoms with Crippen molar-refractivity contribution in [2.24, 2.45) is 5.41 Å². The number of hydrogen-bond acceptors (Lipinski definition) is 2. The number of anilines is 2. The monoisotopic (exact) mass is 216 g/mol. The molecule has 1 amide bonds. The van der Waals surface area contributed by atoms with Gasteiger partial charge in [-0.15, -0.1) is 0 Å². The number of amides is 1. The molecule has 1 fully saturated rings. The molecule has 2 N–H and O–H groups in total. The van der Waals surface area contributed by atoms with Gasteiger partial charge in [-0.2, -0.15) is 0 Å². The summed E-state index contributed by atoms with van der Waals surface area (Å²) in [6, 6.07) is 6.14. The molecule has 1 heterocycles. The Hall–Kier alpha value is -1.51. The largest absolute Gasteiger partial charge is 0.382 e. The maximum Gasteiger partial charge on any atom is 0.232 e. The molecular weight excluding hydrogens is 200 g/mol. The van der Waals surface area contributed by atoms with Crippen molar-refractivity contribution < 1.29 is 4.79 Å². The first-order chi connectivity index (χ1) is 7.70. The van der Waals surface area contributed by atoms with Crippen LogP contribution in [0.2, 0.25) is 0 Å². The van der Waals surface area contributed by atoms with Crippen LogP contribution in [0.25, 0.3) is 0 Å². The van der Waals surface area contributed by atoms with Crippen LogP contribution in [0.1, 0.15) is 24.8 Å². The highest BCUT2D eigenvalue weighted by Crippen LogP contribution is 2.44. The normalized spacial score (nSPS) is 21.4. The summed E-state index contributed by atoms with van der Waals surface area (Å²) in [4.78, 5) is 12.1. The fraction of sp³-hybridized carbons (Fsp3) is 0.462. The lowest BCUT2D eigenvalue weighted by molar-refractivity contribution is -0.129. The Morgan fingerprint density at radius 1 is 1.25 bits per heavy atom. The second-order valence-corrected chi connectivity index (χ2v) is 4.99. The van der Waals surface area contributed by atoms with E-state index in [-0.39, 0.29) is 11.3 Å². The van der Waals surface area contributed by atoms with E-state index < -0.39 is 0 Å². The molecule has 1 saturated carbocycles. The molecule has 84 valence electrons. The van der Waals surface area contributed by atoms with Gasteiger partial charge in [-0.1, -0.05) is 12.5 Å². The van der Waals surface area contributed by atoms with Crippen LogP contribution in [0.5, 0.6) is 0 Å². The Kier molecular flexibility index (Phi) is 1.96. The predicted molar refractivity (Wildman–Crippen MR) is 64.6 cm³/mol.